The van der Waals surface area contributed by atoms with E-state index in [0.717, 1.165) is 25.1 Å². The molecular formula is C17H19NO3S. The number of hydrogen-bond donors (Lipinski definition) is 0. The summed E-state index contributed by atoms with van der Waals surface area (Å²) in [7, 11) is 3.21. The molecule has 4 nitrogen and oxygen atoms in total. The number of rotatable bonds is 4. The number of fused-ring (bicyclic) bond motifs is 1. The molecule has 0 atom stereocenters. The van der Waals surface area contributed by atoms with Gasteiger partial charge in [0.1, 0.15) is 0 Å². The fourth-order valence-electron chi connectivity index (χ4n) is 2.74. The summed E-state index contributed by atoms with van der Waals surface area (Å²) >= 11 is 1.78. The highest BCUT2D eigenvalue weighted by Gasteiger charge is 2.21. The smallest absolute Gasteiger partial charge is 0.227 e. The molecule has 0 fully saturated rings. The summed E-state index contributed by atoms with van der Waals surface area (Å²) < 4.78 is 10.5. The number of amides is 1. The van der Waals surface area contributed by atoms with Gasteiger partial charge in [-0.15, -0.1) is 11.3 Å². The van der Waals surface area contributed by atoms with E-state index in [1.165, 1.54) is 10.4 Å². The molecule has 22 heavy (non-hydrogen) atoms. The standard InChI is InChI=1S/C17H19NO3S/c1-20-14-4-3-12(9-15(14)21-2)10-17(19)18-7-5-16-13(11-18)6-8-22-16/h3-4,6,8-9H,5,7,10-11H2,1-2H3. The molecule has 0 spiro atoms. The SMILES string of the molecule is COc1ccc(CC(=O)N2CCc3sccc3C2)cc1OC. The van der Waals surface area contributed by atoms with Crippen molar-refractivity contribution in [3.05, 3.63) is 45.6 Å². The predicted molar refractivity (Wildman–Crippen MR) is 86.7 cm³/mol. The lowest BCUT2D eigenvalue weighted by Crippen LogP contribution is -2.36. The van der Waals surface area contributed by atoms with Crippen LogP contribution < -0.4 is 9.47 Å². The molecule has 1 aliphatic heterocycles. The summed E-state index contributed by atoms with van der Waals surface area (Å²) in [5, 5.41) is 2.10. The van der Waals surface area contributed by atoms with Crippen LogP contribution in [0.4, 0.5) is 0 Å². The van der Waals surface area contributed by atoms with Crippen molar-refractivity contribution in [3.63, 3.8) is 0 Å². The van der Waals surface area contributed by atoms with Crippen molar-refractivity contribution in [2.45, 2.75) is 19.4 Å². The van der Waals surface area contributed by atoms with Gasteiger partial charge in [0.2, 0.25) is 5.91 Å². The molecule has 1 aromatic carbocycles. The van der Waals surface area contributed by atoms with Crippen LogP contribution in [0.2, 0.25) is 0 Å². The van der Waals surface area contributed by atoms with E-state index in [-0.39, 0.29) is 5.91 Å². The highest BCUT2D eigenvalue weighted by Crippen LogP contribution is 2.28. The van der Waals surface area contributed by atoms with Crippen molar-refractivity contribution in [1.29, 1.82) is 0 Å². The van der Waals surface area contributed by atoms with Crippen LogP contribution in [0.5, 0.6) is 11.5 Å². The molecular weight excluding hydrogens is 298 g/mol. The Kier molecular flexibility index (Phi) is 4.34. The van der Waals surface area contributed by atoms with Crippen LogP contribution in [0.25, 0.3) is 0 Å². The Bertz CT molecular complexity index is 680. The van der Waals surface area contributed by atoms with Crippen LogP contribution in [0.3, 0.4) is 0 Å². The topological polar surface area (TPSA) is 38.8 Å². The van der Waals surface area contributed by atoms with Gasteiger partial charge in [0.15, 0.2) is 11.5 Å². The Labute approximate surface area is 134 Å². The minimum atomic E-state index is 0.157. The van der Waals surface area contributed by atoms with Gasteiger partial charge in [0.25, 0.3) is 0 Å². The third-order valence-corrected chi connectivity index (χ3v) is 4.99. The maximum absolute atomic E-state index is 12.5. The summed E-state index contributed by atoms with van der Waals surface area (Å²) in [4.78, 5) is 15.9. The Morgan fingerprint density at radius 2 is 2.05 bits per heavy atom. The van der Waals surface area contributed by atoms with Crippen LogP contribution in [0, 0.1) is 0 Å². The van der Waals surface area contributed by atoms with Crippen molar-refractivity contribution in [3.8, 4) is 11.5 Å². The first-order chi connectivity index (χ1) is 10.7. The zero-order valence-electron chi connectivity index (χ0n) is 12.8. The van der Waals surface area contributed by atoms with E-state index in [1.807, 2.05) is 23.1 Å². The van der Waals surface area contributed by atoms with Gasteiger partial charge in [-0.3, -0.25) is 4.79 Å². The first kappa shape index (κ1) is 14.9. The van der Waals surface area contributed by atoms with Crippen molar-refractivity contribution in [2.75, 3.05) is 20.8 Å². The van der Waals surface area contributed by atoms with Crippen LogP contribution in [0.1, 0.15) is 16.0 Å². The van der Waals surface area contributed by atoms with Gasteiger partial charge in [-0.1, -0.05) is 6.07 Å². The zero-order chi connectivity index (χ0) is 15.5. The molecule has 0 bridgehead atoms. The molecule has 0 unspecified atom stereocenters. The van der Waals surface area contributed by atoms with E-state index >= 15 is 0 Å². The van der Waals surface area contributed by atoms with Crippen LogP contribution in [-0.2, 0) is 24.2 Å². The summed E-state index contributed by atoms with van der Waals surface area (Å²) in [5.41, 5.74) is 2.23. The lowest BCUT2D eigenvalue weighted by Gasteiger charge is -2.27. The molecule has 1 aliphatic rings. The Balaban J connectivity index is 1.70. The van der Waals surface area contributed by atoms with Crippen molar-refractivity contribution in [1.82, 2.24) is 4.90 Å². The number of ether oxygens (including phenoxy) is 2. The average Bonchev–Trinajstić information content (AvgIpc) is 3.02. The largest absolute Gasteiger partial charge is 0.493 e. The third-order valence-electron chi connectivity index (χ3n) is 3.96. The summed E-state index contributed by atoms with van der Waals surface area (Å²) in [6.07, 6.45) is 1.35. The zero-order valence-corrected chi connectivity index (χ0v) is 13.6. The second kappa shape index (κ2) is 6.40. The normalized spacial score (nSPS) is 13.6. The molecule has 3 rings (SSSR count). The lowest BCUT2D eigenvalue weighted by molar-refractivity contribution is -0.131. The van der Waals surface area contributed by atoms with Crippen molar-refractivity contribution in [2.24, 2.45) is 0 Å². The predicted octanol–water partition coefficient (Wildman–Crippen LogP) is 2.89. The van der Waals surface area contributed by atoms with E-state index in [2.05, 4.69) is 11.4 Å². The molecule has 2 heterocycles. The Morgan fingerprint density at radius 1 is 1.23 bits per heavy atom. The molecule has 1 aromatic heterocycles. The van der Waals surface area contributed by atoms with Gasteiger partial charge < -0.3 is 14.4 Å². The molecule has 116 valence electrons. The average molecular weight is 317 g/mol. The molecule has 0 radical (unpaired) electrons. The molecule has 0 saturated heterocycles. The highest BCUT2D eigenvalue weighted by atomic mass is 32.1. The number of hydrogen-bond acceptors (Lipinski definition) is 4. The Morgan fingerprint density at radius 3 is 2.82 bits per heavy atom. The van der Waals surface area contributed by atoms with Gasteiger partial charge in [-0.2, -0.15) is 0 Å². The summed E-state index contributed by atoms with van der Waals surface area (Å²) in [6.45, 7) is 1.53. The molecule has 2 aromatic rings. The maximum atomic E-state index is 12.5. The molecule has 5 heteroatoms. The number of benzene rings is 1. The number of methoxy groups -OCH3 is 2. The minimum Gasteiger partial charge on any atom is -0.493 e. The Hall–Kier alpha value is -2.01. The molecule has 0 aliphatic carbocycles. The highest BCUT2D eigenvalue weighted by molar-refractivity contribution is 7.10. The van der Waals surface area contributed by atoms with Crippen LogP contribution >= 0.6 is 11.3 Å². The monoisotopic (exact) mass is 317 g/mol. The number of carbonyl (C=O) groups excluding carboxylic acids is 1. The van der Waals surface area contributed by atoms with Gasteiger partial charge >= 0.3 is 0 Å². The molecule has 0 N–H and O–H groups in total. The second-order valence-electron chi connectivity index (χ2n) is 5.30. The van der Waals surface area contributed by atoms with Crippen LogP contribution in [-0.4, -0.2) is 31.6 Å². The second-order valence-corrected chi connectivity index (χ2v) is 6.30. The van der Waals surface area contributed by atoms with E-state index in [1.54, 1.807) is 25.6 Å². The molecule has 1 amide bonds. The van der Waals surface area contributed by atoms with Gasteiger partial charge in [-0.25, -0.2) is 0 Å². The quantitative estimate of drug-likeness (QED) is 0.870. The first-order valence-corrected chi connectivity index (χ1v) is 8.13. The fourth-order valence-corrected chi connectivity index (χ4v) is 3.63. The van der Waals surface area contributed by atoms with Crippen LogP contribution in [0.15, 0.2) is 29.6 Å². The lowest BCUT2D eigenvalue weighted by atomic mass is 10.1. The fraction of sp³-hybridized carbons (Fsp3) is 0.353. The number of nitrogens with zero attached hydrogens (tertiary/aromatic N) is 1. The van der Waals surface area contributed by atoms with Gasteiger partial charge in [-0.05, 0) is 41.1 Å². The van der Waals surface area contributed by atoms with Gasteiger partial charge in [0, 0.05) is 18.0 Å². The third kappa shape index (κ3) is 2.95. The minimum absolute atomic E-state index is 0.157. The van der Waals surface area contributed by atoms with E-state index in [9.17, 15) is 4.79 Å². The number of carbonyl (C=O) groups is 1. The van der Waals surface area contributed by atoms with Crippen molar-refractivity contribution < 1.29 is 14.3 Å². The van der Waals surface area contributed by atoms with E-state index in [4.69, 9.17) is 9.47 Å². The molecule has 0 saturated carbocycles. The maximum Gasteiger partial charge on any atom is 0.227 e. The summed E-state index contributed by atoms with van der Waals surface area (Å²) in [5.74, 6) is 1.50. The summed E-state index contributed by atoms with van der Waals surface area (Å²) in [6, 6.07) is 7.75. The van der Waals surface area contributed by atoms with E-state index in [0.29, 0.717) is 17.9 Å². The van der Waals surface area contributed by atoms with E-state index < -0.39 is 0 Å². The first-order valence-electron chi connectivity index (χ1n) is 7.25. The van der Waals surface area contributed by atoms with Crippen molar-refractivity contribution >= 4 is 17.2 Å². The number of thiophene rings is 1. The van der Waals surface area contributed by atoms with Gasteiger partial charge in [0.05, 0.1) is 20.6 Å².